The number of benzene rings is 1. The monoisotopic (exact) mass is 229 g/mol. The Morgan fingerprint density at radius 2 is 1.94 bits per heavy atom. The number of methoxy groups -OCH3 is 1. The van der Waals surface area contributed by atoms with Gasteiger partial charge in [0.2, 0.25) is 0 Å². The molecule has 4 nitrogen and oxygen atoms in total. The van der Waals surface area contributed by atoms with Gasteiger partial charge in [-0.3, -0.25) is 10.8 Å². The first-order chi connectivity index (χ1) is 8.36. The molecule has 17 heavy (non-hydrogen) atoms. The summed E-state index contributed by atoms with van der Waals surface area (Å²) < 4.78 is 5.33. The molecule has 0 aliphatic carbocycles. The minimum absolute atomic E-state index is 0.174. The van der Waals surface area contributed by atoms with Gasteiger partial charge in [-0.05, 0) is 18.2 Å². The number of nitrogens with two attached hydrogens (primary N) is 1. The number of aromatic nitrogens is 1. The molecular formula is C13H15N3O. The van der Waals surface area contributed by atoms with Crippen LogP contribution in [0.3, 0.4) is 0 Å². The highest BCUT2D eigenvalue weighted by atomic mass is 16.5. The van der Waals surface area contributed by atoms with Crippen LogP contribution in [0.25, 0.3) is 0 Å². The lowest BCUT2D eigenvalue weighted by Gasteiger charge is -2.18. The molecule has 4 heteroatoms. The molecule has 3 N–H and O–H groups in total. The van der Waals surface area contributed by atoms with E-state index in [1.807, 2.05) is 42.5 Å². The van der Waals surface area contributed by atoms with E-state index in [9.17, 15) is 0 Å². The Labute approximate surface area is 100 Å². The van der Waals surface area contributed by atoms with Crippen LogP contribution in [0.2, 0.25) is 0 Å². The molecule has 1 aromatic carbocycles. The Kier molecular flexibility index (Phi) is 3.69. The van der Waals surface area contributed by atoms with Crippen LogP contribution in [0.4, 0.5) is 0 Å². The van der Waals surface area contributed by atoms with Gasteiger partial charge in [0, 0.05) is 11.8 Å². The molecule has 1 atom stereocenters. The molecule has 2 rings (SSSR count). The Morgan fingerprint density at radius 1 is 1.18 bits per heavy atom. The number of hydrazine groups is 1. The average molecular weight is 229 g/mol. The fraction of sp³-hybridized carbons (Fsp3) is 0.154. The quantitative estimate of drug-likeness (QED) is 0.618. The van der Waals surface area contributed by atoms with Crippen LogP contribution in [0.5, 0.6) is 5.75 Å². The highest BCUT2D eigenvalue weighted by molar-refractivity contribution is 5.39. The van der Waals surface area contributed by atoms with Crippen molar-refractivity contribution < 1.29 is 4.74 Å². The first-order valence-corrected chi connectivity index (χ1v) is 5.36. The molecule has 0 radical (unpaired) electrons. The lowest BCUT2D eigenvalue weighted by molar-refractivity contribution is 0.403. The van der Waals surface area contributed by atoms with Crippen LogP contribution in [0.15, 0.2) is 48.7 Å². The van der Waals surface area contributed by atoms with Crippen molar-refractivity contribution in [3.8, 4) is 5.75 Å². The van der Waals surface area contributed by atoms with E-state index in [-0.39, 0.29) is 6.04 Å². The maximum Gasteiger partial charge on any atom is 0.124 e. The molecule has 0 aliphatic heterocycles. The molecule has 2 aromatic rings. The largest absolute Gasteiger partial charge is 0.496 e. The fourth-order valence-corrected chi connectivity index (χ4v) is 1.79. The van der Waals surface area contributed by atoms with E-state index in [1.54, 1.807) is 13.3 Å². The third-order valence-electron chi connectivity index (χ3n) is 2.60. The smallest absolute Gasteiger partial charge is 0.124 e. The van der Waals surface area contributed by atoms with Gasteiger partial charge in [0.15, 0.2) is 0 Å². The summed E-state index contributed by atoms with van der Waals surface area (Å²) >= 11 is 0. The summed E-state index contributed by atoms with van der Waals surface area (Å²) in [5.74, 6) is 6.41. The maximum absolute atomic E-state index is 5.61. The number of hydrogen-bond donors (Lipinski definition) is 2. The van der Waals surface area contributed by atoms with E-state index in [1.165, 1.54) is 0 Å². The Bertz CT molecular complexity index is 473. The predicted molar refractivity (Wildman–Crippen MR) is 66.4 cm³/mol. The topological polar surface area (TPSA) is 60.2 Å². The summed E-state index contributed by atoms with van der Waals surface area (Å²) in [7, 11) is 1.64. The number of para-hydroxylation sites is 1. The van der Waals surface area contributed by atoms with Crippen molar-refractivity contribution in [1.29, 1.82) is 0 Å². The van der Waals surface area contributed by atoms with E-state index < -0.39 is 0 Å². The lowest BCUT2D eigenvalue weighted by Crippen LogP contribution is -2.29. The maximum atomic E-state index is 5.61. The van der Waals surface area contributed by atoms with Crippen LogP contribution < -0.4 is 16.0 Å². The van der Waals surface area contributed by atoms with Gasteiger partial charge in [-0.1, -0.05) is 24.3 Å². The highest BCUT2D eigenvalue weighted by Gasteiger charge is 2.17. The first kappa shape index (κ1) is 11.6. The molecule has 1 aromatic heterocycles. The fourth-order valence-electron chi connectivity index (χ4n) is 1.79. The van der Waals surface area contributed by atoms with E-state index in [4.69, 9.17) is 10.6 Å². The third kappa shape index (κ3) is 2.43. The van der Waals surface area contributed by atoms with E-state index >= 15 is 0 Å². The second kappa shape index (κ2) is 5.43. The van der Waals surface area contributed by atoms with Crippen LogP contribution in [-0.2, 0) is 0 Å². The van der Waals surface area contributed by atoms with Gasteiger partial charge in [0.1, 0.15) is 5.75 Å². The van der Waals surface area contributed by atoms with Gasteiger partial charge >= 0.3 is 0 Å². The second-order valence-electron chi connectivity index (χ2n) is 3.60. The number of rotatable bonds is 4. The second-order valence-corrected chi connectivity index (χ2v) is 3.60. The van der Waals surface area contributed by atoms with Gasteiger partial charge in [-0.15, -0.1) is 0 Å². The molecule has 1 unspecified atom stereocenters. The standard InChI is InChI=1S/C13H15N3O/c1-17-12-8-3-2-6-10(12)13(16-14)11-7-4-5-9-15-11/h2-9,13,16H,14H2,1H3. The minimum Gasteiger partial charge on any atom is -0.496 e. The van der Waals surface area contributed by atoms with Gasteiger partial charge < -0.3 is 4.74 Å². The molecule has 0 amide bonds. The zero-order valence-electron chi connectivity index (χ0n) is 9.63. The highest BCUT2D eigenvalue weighted by Crippen LogP contribution is 2.27. The SMILES string of the molecule is COc1ccccc1C(NN)c1ccccn1. The Hall–Kier alpha value is -1.91. The number of pyridine rings is 1. The van der Waals surface area contributed by atoms with Crippen molar-refractivity contribution in [2.45, 2.75) is 6.04 Å². The Balaban J connectivity index is 2.42. The molecule has 0 fully saturated rings. The minimum atomic E-state index is -0.174. The third-order valence-corrected chi connectivity index (χ3v) is 2.60. The number of ether oxygens (including phenoxy) is 1. The summed E-state index contributed by atoms with van der Waals surface area (Å²) in [6, 6.07) is 13.3. The number of nitrogens with one attached hydrogen (secondary N) is 1. The number of nitrogens with zero attached hydrogens (tertiary/aromatic N) is 1. The molecule has 0 spiro atoms. The van der Waals surface area contributed by atoms with Crippen LogP contribution in [0.1, 0.15) is 17.3 Å². The molecule has 88 valence electrons. The average Bonchev–Trinajstić information content (AvgIpc) is 2.41. The van der Waals surface area contributed by atoms with E-state index in [0.717, 1.165) is 17.0 Å². The Morgan fingerprint density at radius 3 is 2.59 bits per heavy atom. The number of hydrogen-bond acceptors (Lipinski definition) is 4. The van der Waals surface area contributed by atoms with Gasteiger partial charge in [0.05, 0.1) is 18.8 Å². The van der Waals surface area contributed by atoms with Crippen LogP contribution in [0, 0.1) is 0 Å². The van der Waals surface area contributed by atoms with E-state index in [0.29, 0.717) is 0 Å². The molecule has 0 saturated carbocycles. The summed E-state index contributed by atoms with van der Waals surface area (Å²) in [6.45, 7) is 0. The zero-order chi connectivity index (χ0) is 12.1. The molecule has 1 heterocycles. The molecule has 0 saturated heterocycles. The zero-order valence-corrected chi connectivity index (χ0v) is 9.63. The summed E-state index contributed by atoms with van der Waals surface area (Å²) in [5.41, 5.74) is 4.60. The van der Waals surface area contributed by atoms with Gasteiger partial charge in [0.25, 0.3) is 0 Å². The normalized spacial score (nSPS) is 12.1. The first-order valence-electron chi connectivity index (χ1n) is 5.36. The lowest BCUT2D eigenvalue weighted by atomic mass is 10.0. The van der Waals surface area contributed by atoms with Crippen molar-refractivity contribution in [3.63, 3.8) is 0 Å². The molecular weight excluding hydrogens is 214 g/mol. The predicted octanol–water partition coefficient (Wildman–Crippen LogP) is 1.64. The van der Waals surface area contributed by atoms with Gasteiger partial charge in [-0.2, -0.15) is 0 Å². The van der Waals surface area contributed by atoms with Gasteiger partial charge in [-0.25, -0.2) is 5.43 Å². The molecule has 0 aliphatic rings. The van der Waals surface area contributed by atoms with Crippen molar-refractivity contribution >= 4 is 0 Å². The van der Waals surface area contributed by atoms with Crippen molar-refractivity contribution in [3.05, 3.63) is 59.9 Å². The van der Waals surface area contributed by atoms with Crippen molar-refractivity contribution in [2.24, 2.45) is 5.84 Å². The van der Waals surface area contributed by atoms with E-state index in [2.05, 4.69) is 10.4 Å². The van der Waals surface area contributed by atoms with Crippen LogP contribution in [-0.4, -0.2) is 12.1 Å². The summed E-state index contributed by atoms with van der Waals surface area (Å²) in [5, 5.41) is 0. The van der Waals surface area contributed by atoms with Crippen molar-refractivity contribution in [2.75, 3.05) is 7.11 Å². The van der Waals surface area contributed by atoms with Crippen LogP contribution >= 0.6 is 0 Å². The summed E-state index contributed by atoms with van der Waals surface area (Å²) in [6.07, 6.45) is 1.75. The summed E-state index contributed by atoms with van der Waals surface area (Å²) in [4.78, 5) is 4.30. The molecule has 0 bridgehead atoms. The van der Waals surface area contributed by atoms with Crippen molar-refractivity contribution in [1.82, 2.24) is 10.4 Å².